The first-order valence-electron chi connectivity index (χ1n) is 10.8. The fourth-order valence-corrected chi connectivity index (χ4v) is 4.27. The van der Waals surface area contributed by atoms with E-state index >= 15 is 0 Å². The van der Waals surface area contributed by atoms with Crippen LogP contribution in [0.25, 0.3) is 22.6 Å². The first kappa shape index (κ1) is 20.5. The summed E-state index contributed by atoms with van der Waals surface area (Å²) in [5.41, 5.74) is 5.80. The summed E-state index contributed by atoms with van der Waals surface area (Å²) in [6.45, 7) is 2.01. The van der Waals surface area contributed by atoms with Gasteiger partial charge in [-0.15, -0.1) is 0 Å². The number of thiocarbonyl (C=S) groups is 1. The van der Waals surface area contributed by atoms with Crippen LogP contribution in [-0.4, -0.2) is 38.0 Å². The van der Waals surface area contributed by atoms with E-state index in [2.05, 4.69) is 32.3 Å². The molecule has 6 nitrogen and oxygen atoms in total. The van der Waals surface area contributed by atoms with Crippen LogP contribution in [-0.2, 0) is 0 Å². The van der Waals surface area contributed by atoms with E-state index in [0.717, 1.165) is 59.8 Å². The molecule has 0 amide bonds. The number of imidazole rings is 1. The minimum atomic E-state index is 0.383. The van der Waals surface area contributed by atoms with Crippen molar-refractivity contribution in [3.8, 4) is 22.6 Å². The SMILES string of the molecule is S=Cc1ccc(-c2ncn(C3CCNCC3)c2-c2ccnc(Nc3ccccc3)n2)cc1. The standard InChI is InChI=1S/C25H24N6S/c32-16-18-6-8-19(9-7-18)23-24(31(17-28-23)21-10-13-26-14-11-21)22-12-15-27-25(30-22)29-20-4-2-1-3-5-20/h1-9,12,15-17,21,26H,10-11,13-14H2,(H,27,29,30). The third-order valence-corrected chi connectivity index (χ3v) is 6.02. The van der Waals surface area contributed by atoms with Crippen molar-refractivity contribution in [1.82, 2.24) is 24.8 Å². The third-order valence-electron chi connectivity index (χ3n) is 5.74. The van der Waals surface area contributed by atoms with Gasteiger partial charge in [-0.2, -0.15) is 0 Å². The molecule has 2 aromatic carbocycles. The van der Waals surface area contributed by atoms with Crippen molar-refractivity contribution in [1.29, 1.82) is 0 Å². The van der Waals surface area contributed by atoms with E-state index in [0.29, 0.717) is 12.0 Å². The topological polar surface area (TPSA) is 67.7 Å². The number of rotatable bonds is 6. The van der Waals surface area contributed by atoms with Gasteiger partial charge in [0.15, 0.2) is 0 Å². The monoisotopic (exact) mass is 440 g/mol. The third kappa shape index (κ3) is 4.30. The van der Waals surface area contributed by atoms with E-state index in [4.69, 9.17) is 22.2 Å². The number of nitrogens with one attached hydrogen (secondary N) is 2. The molecule has 7 heteroatoms. The van der Waals surface area contributed by atoms with Crippen molar-refractivity contribution in [2.45, 2.75) is 18.9 Å². The second-order valence-corrected chi connectivity index (χ2v) is 8.06. The van der Waals surface area contributed by atoms with Gasteiger partial charge >= 0.3 is 0 Å². The fourth-order valence-electron chi connectivity index (χ4n) is 4.11. The summed E-state index contributed by atoms with van der Waals surface area (Å²) in [7, 11) is 0. The molecule has 2 N–H and O–H groups in total. The number of aromatic nitrogens is 4. The van der Waals surface area contributed by atoms with Crippen LogP contribution in [0, 0.1) is 0 Å². The van der Waals surface area contributed by atoms with Gasteiger partial charge in [0.1, 0.15) is 0 Å². The van der Waals surface area contributed by atoms with Crippen LogP contribution < -0.4 is 10.6 Å². The van der Waals surface area contributed by atoms with E-state index in [9.17, 15) is 0 Å². The highest BCUT2D eigenvalue weighted by Crippen LogP contribution is 2.35. The lowest BCUT2D eigenvalue weighted by Gasteiger charge is -2.25. The molecule has 32 heavy (non-hydrogen) atoms. The van der Waals surface area contributed by atoms with Gasteiger partial charge in [0.05, 0.1) is 23.4 Å². The van der Waals surface area contributed by atoms with Crippen molar-refractivity contribution in [2.75, 3.05) is 18.4 Å². The van der Waals surface area contributed by atoms with E-state index < -0.39 is 0 Å². The zero-order valence-electron chi connectivity index (χ0n) is 17.6. The lowest BCUT2D eigenvalue weighted by molar-refractivity contribution is 0.370. The average Bonchev–Trinajstić information content (AvgIpc) is 3.31. The van der Waals surface area contributed by atoms with Gasteiger partial charge in [0.2, 0.25) is 5.95 Å². The fraction of sp³-hybridized carbons (Fsp3) is 0.200. The molecule has 3 heterocycles. The molecule has 0 bridgehead atoms. The molecular formula is C25H24N6S. The number of piperidine rings is 1. The quantitative estimate of drug-likeness (QED) is 0.410. The largest absolute Gasteiger partial charge is 0.326 e. The molecule has 1 aliphatic rings. The van der Waals surface area contributed by atoms with Crippen molar-refractivity contribution in [3.05, 3.63) is 78.8 Å². The number of hydrogen-bond donors (Lipinski definition) is 2. The summed E-state index contributed by atoms with van der Waals surface area (Å²) in [4.78, 5) is 14.1. The molecule has 0 spiro atoms. The maximum absolute atomic E-state index is 5.06. The van der Waals surface area contributed by atoms with Crippen molar-refractivity contribution < 1.29 is 0 Å². The number of para-hydroxylation sites is 1. The number of benzene rings is 2. The lowest BCUT2D eigenvalue weighted by atomic mass is 10.0. The van der Waals surface area contributed by atoms with Crippen LogP contribution in [0.5, 0.6) is 0 Å². The second kappa shape index (κ2) is 9.38. The van der Waals surface area contributed by atoms with Crippen LogP contribution in [0.3, 0.4) is 0 Å². The molecule has 1 fully saturated rings. The molecule has 0 aliphatic carbocycles. The summed E-state index contributed by atoms with van der Waals surface area (Å²) in [5.74, 6) is 0.564. The molecule has 0 radical (unpaired) electrons. The zero-order valence-corrected chi connectivity index (χ0v) is 18.4. The molecule has 0 unspecified atom stereocenters. The lowest BCUT2D eigenvalue weighted by Crippen LogP contribution is -2.29. The molecule has 5 rings (SSSR count). The van der Waals surface area contributed by atoms with Gasteiger partial charge < -0.3 is 15.2 Å². The molecule has 1 aliphatic heterocycles. The highest BCUT2D eigenvalue weighted by molar-refractivity contribution is 7.79. The maximum atomic E-state index is 5.06. The van der Waals surface area contributed by atoms with Gasteiger partial charge in [-0.1, -0.05) is 54.7 Å². The summed E-state index contributed by atoms with van der Waals surface area (Å²) in [6.07, 6.45) is 5.88. The van der Waals surface area contributed by atoms with Crippen LogP contribution in [0.1, 0.15) is 24.4 Å². The molecule has 4 aromatic rings. The molecule has 2 aromatic heterocycles. The Kier molecular flexibility index (Phi) is 6.00. The van der Waals surface area contributed by atoms with Crippen LogP contribution in [0.15, 0.2) is 73.2 Å². The van der Waals surface area contributed by atoms with E-state index in [1.165, 1.54) is 0 Å². The van der Waals surface area contributed by atoms with Crippen LogP contribution >= 0.6 is 12.2 Å². The maximum Gasteiger partial charge on any atom is 0.227 e. The smallest absolute Gasteiger partial charge is 0.227 e. The van der Waals surface area contributed by atoms with Crippen molar-refractivity contribution in [3.63, 3.8) is 0 Å². The average molecular weight is 441 g/mol. The summed E-state index contributed by atoms with van der Waals surface area (Å²) < 4.78 is 2.29. The van der Waals surface area contributed by atoms with Gasteiger partial charge in [-0.3, -0.25) is 0 Å². The Bertz CT molecular complexity index is 1200. The minimum Gasteiger partial charge on any atom is -0.326 e. The molecule has 0 atom stereocenters. The molecule has 1 saturated heterocycles. The van der Waals surface area contributed by atoms with Gasteiger partial charge in [0, 0.05) is 28.9 Å². The zero-order chi connectivity index (χ0) is 21.8. The normalized spacial score (nSPS) is 14.2. The summed E-state index contributed by atoms with van der Waals surface area (Å²) >= 11 is 5.06. The first-order chi connectivity index (χ1) is 15.8. The number of anilines is 2. The van der Waals surface area contributed by atoms with Gasteiger partial charge in [-0.25, -0.2) is 15.0 Å². The minimum absolute atomic E-state index is 0.383. The Morgan fingerprint density at radius 1 is 0.969 bits per heavy atom. The van der Waals surface area contributed by atoms with E-state index in [1.807, 2.05) is 54.9 Å². The van der Waals surface area contributed by atoms with Gasteiger partial charge in [-0.05, 0) is 49.7 Å². The second-order valence-electron chi connectivity index (χ2n) is 7.83. The Morgan fingerprint density at radius 2 is 1.75 bits per heavy atom. The van der Waals surface area contributed by atoms with E-state index in [-0.39, 0.29) is 0 Å². The summed E-state index contributed by atoms with van der Waals surface area (Å²) in [6, 6.07) is 20.5. The number of hydrogen-bond acceptors (Lipinski definition) is 6. The predicted molar refractivity (Wildman–Crippen MR) is 132 cm³/mol. The molecular weight excluding hydrogens is 416 g/mol. The van der Waals surface area contributed by atoms with Crippen LogP contribution in [0.4, 0.5) is 11.6 Å². The first-order valence-corrected chi connectivity index (χ1v) is 11.3. The Labute approximate surface area is 192 Å². The molecule has 0 saturated carbocycles. The predicted octanol–water partition coefficient (Wildman–Crippen LogP) is 5.02. The van der Waals surface area contributed by atoms with Crippen LogP contribution in [0.2, 0.25) is 0 Å². The van der Waals surface area contributed by atoms with Crippen molar-refractivity contribution in [2.24, 2.45) is 0 Å². The highest BCUT2D eigenvalue weighted by Gasteiger charge is 2.23. The number of nitrogens with zero attached hydrogens (tertiary/aromatic N) is 4. The van der Waals surface area contributed by atoms with Crippen molar-refractivity contribution >= 4 is 29.2 Å². The van der Waals surface area contributed by atoms with E-state index in [1.54, 1.807) is 11.6 Å². The van der Waals surface area contributed by atoms with Gasteiger partial charge in [0.25, 0.3) is 0 Å². The molecule has 160 valence electrons. The summed E-state index contributed by atoms with van der Waals surface area (Å²) in [5, 5.41) is 8.44. The Balaban J connectivity index is 1.58. The highest BCUT2D eigenvalue weighted by atomic mass is 32.1. The Morgan fingerprint density at radius 3 is 2.50 bits per heavy atom. The Hall–Kier alpha value is -3.42.